The van der Waals surface area contributed by atoms with Gasteiger partial charge in [0.15, 0.2) is 0 Å². The Labute approximate surface area is 124 Å². The first-order valence-electron chi connectivity index (χ1n) is 6.61. The van der Waals surface area contributed by atoms with Gasteiger partial charge in [0.1, 0.15) is 5.69 Å². The third-order valence-corrected chi connectivity index (χ3v) is 3.28. The minimum absolute atomic E-state index is 0.0866. The fraction of sp³-hybridized carbons (Fsp3) is 0.250. The van der Waals surface area contributed by atoms with Crippen molar-refractivity contribution in [3.05, 3.63) is 64.9 Å². The van der Waals surface area contributed by atoms with E-state index in [1.807, 2.05) is 25.1 Å². The van der Waals surface area contributed by atoms with Crippen molar-refractivity contribution in [1.29, 1.82) is 0 Å². The molecule has 0 radical (unpaired) electrons. The summed E-state index contributed by atoms with van der Waals surface area (Å²) in [5, 5.41) is 3.45. The van der Waals surface area contributed by atoms with E-state index in [-0.39, 0.29) is 11.9 Å². The van der Waals surface area contributed by atoms with Crippen molar-refractivity contribution in [1.82, 2.24) is 10.3 Å². The molecule has 1 amide bonds. The molecule has 1 aromatic carbocycles. The summed E-state index contributed by atoms with van der Waals surface area (Å²) in [6.45, 7) is 1.99. The van der Waals surface area contributed by atoms with Gasteiger partial charge in [0.25, 0.3) is 5.91 Å². The number of pyridine rings is 1. The second-order valence-corrected chi connectivity index (χ2v) is 5.19. The fourth-order valence-electron chi connectivity index (χ4n) is 1.93. The van der Waals surface area contributed by atoms with Gasteiger partial charge in [-0.15, -0.1) is 0 Å². The van der Waals surface area contributed by atoms with E-state index < -0.39 is 0 Å². The maximum absolute atomic E-state index is 12.0. The van der Waals surface area contributed by atoms with E-state index in [0.717, 1.165) is 12.8 Å². The first kappa shape index (κ1) is 14.5. The van der Waals surface area contributed by atoms with Crippen LogP contribution >= 0.6 is 11.6 Å². The third kappa shape index (κ3) is 4.35. The van der Waals surface area contributed by atoms with Crippen LogP contribution in [0.1, 0.15) is 29.4 Å². The van der Waals surface area contributed by atoms with Gasteiger partial charge in [0.05, 0.1) is 0 Å². The van der Waals surface area contributed by atoms with E-state index in [2.05, 4.69) is 22.4 Å². The lowest BCUT2D eigenvalue weighted by Crippen LogP contribution is -2.33. The van der Waals surface area contributed by atoms with Crippen LogP contribution in [0.25, 0.3) is 0 Å². The monoisotopic (exact) mass is 288 g/mol. The van der Waals surface area contributed by atoms with Gasteiger partial charge in [-0.05, 0) is 37.5 Å². The van der Waals surface area contributed by atoms with Crippen LogP contribution in [0, 0.1) is 0 Å². The molecule has 0 aliphatic heterocycles. The molecule has 20 heavy (non-hydrogen) atoms. The maximum atomic E-state index is 12.0. The molecule has 0 aliphatic carbocycles. The molecule has 3 nitrogen and oxygen atoms in total. The Morgan fingerprint density at radius 1 is 1.30 bits per heavy atom. The van der Waals surface area contributed by atoms with Gasteiger partial charge in [-0.1, -0.05) is 41.9 Å². The lowest BCUT2D eigenvalue weighted by molar-refractivity contribution is 0.0933. The molecular weight excluding hydrogens is 272 g/mol. The van der Waals surface area contributed by atoms with E-state index >= 15 is 0 Å². The SMILES string of the molecule is CC(CCc1ccccc1)NC(=O)c1cc(Cl)ccn1. The molecule has 0 fully saturated rings. The molecule has 0 saturated heterocycles. The van der Waals surface area contributed by atoms with Crippen molar-refractivity contribution in [2.24, 2.45) is 0 Å². The van der Waals surface area contributed by atoms with Gasteiger partial charge in [-0.2, -0.15) is 0 Å². The van der Waals surface area contributed by atoms with Gasteiger partial charge in [0.2, 0.25) is 0 Å². The van der Waals surface area contributed by atoms with Crippen LogP contribution in [0.4, 0.5) is 0 Å². The molecule has 0 saturated carbocycles. The summed E-state index contributed by atoms with van der Waals surface area (Å²) in [6.07, 6.45) is 3.35. The summed E-state index contributed by atoms with van der Waals surface area (Å²) in [7, 11) is 0. The molecule has 1 N–H and O–H groups in total. The van der Waals surface area contributed by atoms with Crippen LogP contribution in [0.15, 0.2) is 48.7 Å². The van der Waals surface area contributed by atoms with Crippen LogP contribution in [0.5, 0.6) is 0 Å². The van der Waals surface area contributed by atoms with Crippen LogP contribution in [0.2, 0.25) is 5.02 Å². The van der Waals surface area contributed by atoms with Crippen LogP contribution in [0.3, 0.4) is 0 Å². The fourth-order valence-corrected chi connectivity index (χ4v) is 2.09. The molecule has 0 spiro atoms. The topological polar surface area (TPSA) is 42.0 Å². The van der Waals surface area contributed by atoms with Crippen molar-refractivity contribution in [3.8, 4) is 0 Å². The predicted octanol–water partition coefficient (Wildman–Crippen LogP) is 3.49. The number of halogens is 1. The van der Waals surface area contributed by atoms with E-state index in [4.69, 9.17) is 11.6 Å². The minimum atomic E-state index is -0.187. The first-order valence-corrected chi connectivity index (χ1v) is 6.99. The van der Waals surface area contributed by atoms with Crippen molar-refractivity contribution >= 4 is 17.5 Å². The second-order valence-electron chi connectivity index (χ2n) is 4.76. The zero-order valence-corrected chi connectivity index (χ0v) is 12.1. The summed E-state index contributed by atoms with van der Waals surface area (Å²) in [4.78, 5) is 16.0. The Hall–Kier alpha value is -1.87. The van der Waals surface area contributed by atoms with Crippen molar-refractivity contribution < 1.29 is 4.79 Å². The number of rotatable bonds is 5. The molecule has 1 atom stereocenters. The van der Waals surface area contributed by atoms with Crippen molar-refractivity contribution in [2.45, 2.75) is 25.8 Å². The van der Waals surface area contributed by atoms with Gasteiger partial charge in [-0.3, -0.25) is 9.78 Å². The van der Waals surface area contributed by atoms with E-state index in [9.17, 15) is 4.79 Å². The van der Waals surface area contributed by atoms with E-state index in [0.29, 0.717) is 10.7 Å². The van der Waals surface area contributed by atoms with Crippen LogP contribution in [-0.4, -0.2) is 16.9 Å². The molecule has 1 aromatic heterocycles. The number of hydrogen-bond donors (Lipinski definition) is 1. The Kier molecular flexibility index (Phi) is 5.13. The Morgan fingerprint density at radius 2 is 2.05 bits per heavy atom. The Balaban J connectivity index is 1.85. The average Bonchev–Trinajstić information content (AvgIpc) is 2.46. The van der Waals surface area contributed by atoms with Gasteiger partial charge in [-0.25, -0.2) is 0 Å². The number of aromatic nitrogens is 1. The summed E-state index contributed by atoms with van der Waals surface area (Å²) < 4.78 is 0. The van der Waals surface area contributed by atoms with E-state index in [1.165, 1.54) is 11.8 Å². The molecule has 0 aliphatic rings. The molecule has 4 heteroatoms. The highest BCUT2D eigenvalue weighted by Gasteiger charge is 2.11. The molecular formula is C16H17ClN2O. The zero-order valence-electron chi connectivity index (χ0n) is 11.3. The van der Waals surface area contributed by atoms with Crippen molar-refractivity contribution in [2.75, 3.05) is 0 Å². The molecule has 0 bridgehead atoms. The standard InChI is InChI=1S/C16H17ClN2O/c1-12(7-8-13-5-3-2-4-6-13)19-16(20)15-11-14(17)9-10-18-15/h2-6,9-12H,7-8H2,1H3,(H,19,20). The number of carbonyl (C=O) groups excluding carboxylic acids is 1. The summed E-state index contributed by atoms with van der Waals surface area (Å²) in [5.41, 5.74) is 1.62. The minimum Gasteiger partial charge on any atom is -0.348 e. The lowest BCUT2D eigenvalue weighted by atomic mass is 10.1. The van der Waals surface area contributed by atoms with Crippen molar-refractivity contribution in [3.63, 3.8) is 0 Å². The zero-order chi connectivity index (χ0) is 14.4. The number of nitrogens with one attached hydrogen (secondary N) is 1. The number of hydrogen-bond acceptors (Lipinski definition) is 2. The maximum Gasteiger partial charge on any atom is 0.270 e. The normalized spacial score (nSPS) is 11.9. The van der Waals surface area contributed by atoms with Crippen LogP contribution in [-0.2, 0) is 6.42 Å². The Morgan fingerprint density at radius 3 is 2.75 bits per heavy atom. The molecule has 1 unspecified atom stereocenters. The predicted molar refractivity (Wildman–Crippen MR) is 80.9 cm³/mol. The van der Waals surface area contributed by atoms with Gasteiger partial charge < -0.3 is 5.32 Å². The number of amides is 1. The molecule has 1 heterocycles. The highest BCUT2D eigenvalue weighted by Crippen LogP contribution is 2.09. The Bertz CT molecular complexity index is 572. The first-order chi connectivity index (χ1) is 9.65. The van der Waals surface area contributed by atoms with E-state index in [1.54, 1.807) is 12.1 Å². The summed E-state index contributed by atoms with van der Waals surface area (Å²) >= 11 is 5.85. The van der Waals surface area contributed by atoms with Gasteiger partial charge in [0, 0.05) is 17.3 Å². The highest BCUT2D eigenvalue weighted by molar-refractivity contribution is 6.30. The lowest BCUT2D eigenvalue weighted by Gasteiger charge is -2.13. The molecule has 104 valence electrons. The number of nitrogens with zero attached hydrogens (tertiary/aromatic N) is 1. The largest absolute Gasteiger partial charge is 0.348 e. The summed E-state index contributed by atoms with van der Waals surface area (Å²) in [5.74, 6) is -0.187. The number of carbonyl (C=O) groups is 1. The van der Waals surface area contributed by atoms with Gasteiger partial charge >= 0.3 is 0 Å². The number of aryl methyl sites for hydroxylation is 1. The third-order valence-electron chi connectivity index (χ3n) is 3.04. The molecule has 2 rings (SSSR count). The molecule has 2 aromatic rings. The van der Waals surface area contributed by atoms with Crippen LogP contribution < -0.4 is 5.32 Å². The summed E-state index contributed by atoms with van der Waals surface area (Å²) in [6, 6.07) is 13.5. The average molecular weight is 289 g/mol. The quantitative estimate of drug-likeness (QED) is 0.915. The number of benzene rings is 1. The smallest absolute Gasteiger partial charge is 0.270 e. The highest BCUT2D eigenvalue weighted by atomic mass is 35.5. The second kappa shape index (κ2) is 7.06.